The van der Waals surface area contributed by atoms with Crippen LogP contribution >= 0.6 is 0 Å². The van der Waals surface area contributed by atoms with Crippen molar-refractivity contribution in [3.05, 3.63) is 71.3 Å². The second-order valence-corrected chi connectivity index (χ2v) is 5.78. The Bertz CT molecular complexity index is 637. The van der Waals surface area contributed by atoms with Crippen molar-refractivity contribution in [3.8, 4) is 0 Å². The predicted molar refractivity (Wildman–Crippen MR) is 89.2 cm³/mol. The number of carboxylic acids is 1. The first kappa shape index (κ1) is 16.2. The van der Waals surface area contributed by atoms with Gasteiger partial charge in [0.05, 0.1) is 5.56 Å². The molecule has 1 unspecified atom stereocenters. The molecule has 0 heterocycles. The smallest absolute Gasteiger partial charge is 0.335 e. The summed E-state index contributed by atoms with van der Waals surface area (Å²) in [5, 5.41) is 9.43. The highest BCUT2D eigenvalue weighted by atomic mass is 16.4. The van der Waals surface area contributed by atoms with Crippen LogP contribution in [0.2, 0.25) is 0 Å². The topological polar surface area (TPSA) is 40.5 Å². The fourth-order valence-corrected chi connectivity index (χ4v) is 3.11. The average molecular weight is 297 g/mol. The van der Waals surface area contributed by atoms with Gasteiger partial charge < -0.3 is 5.11 Å². The summed E-state index contributed by atoms with van der Waals surface area (Å²) in [6.07, 6.45) is 1.57. The number of nitrogens with zero attached hydrogens (tertiary/aromatic N) is 1. The van der Waals surface area contributed by atoms with Crippen molar-refractivity contribution in [2.75, 3.05) is 14.1 Å². The Morgan fingerprint density at radius 2 is 1.64 bits per heavy atom. The molecule has 0 aliphatic heterocycles. The molecule has 0 saturated heterocycles. The molecule has 0 radical (unpaired) electrons. The van der Waals surface area contributed by atoms with Gasteiger partial charge in [-0.05, 0) is 44.1 Å². The Balaban J connectivity index is 2.51. The molecule has 3 heteroatoms. The summed E-state index contributed by atoms with van der Waals surface area (Å²) in [4.78, 5) is 13.7. The molecule has 1 atom stereocenters. The molecule has 3 nitrogen and oxygen atoms in total. The van der Waals surface area contributed by atoms with Crippen LogP contribution < -0.4 is 0 Å². The lowest BCUT2D eigenvalue weighted by molar-refractivity contribution is 0.0693. The van der Waals surface area contributed by atoms with E-state index in [4.69, 9.17) is 0 Å². The molecule has 0 fully saturated rings. The predicted octanol–water partition coefficient (Wildman–Crippen LogP) is 3.79. The lowest BCUT2D eigenvalue weighted by Gasteiger charge is -2.40. The third-order valence-electron chi connectivity index (χ3n) is 4.48. The maximum atomic E-state index is 11.5. The summed E-state index contributed by atoms with van der Waals surface area (Å²) in [6, 6.07) is 17.6. The summed E-state index contributed by atoms with van der Waals surface area (Å²) >= 11 is 0. The summed E-state index contributed by atoms with van der Waals surface area (Å²) < 4.78 is 0. The number of benzene rings is 2. The van der Waals surface area contributed by atoms with E-state index in [1.807, 2.05) is 30.3 Å². The van der Waals surface area contributed by atoms with Crippen molar-refractivity contribution in [2.24, 2.45) is 0 Å². The lowest BCUT2D eigenvalue weighted by atomic mass is 9.79. The second kappa shape index (κ2) is 6.75. The van der Waals surface area contributed by atoms with Gasteiger partial charge in [-0.25, -0.2) is 4.79 Å². The van der Waals surface area contributed by atoms with E-state index in [0.717, 1.165) is 12.0 Å². The van der Waals surface area contributed by atoms with Gasteiger partial charge in [-0.1, -0.05) is 55.5 Å². The van der Waals surface area contributed by atoms with Crippen molar-refractivity contribution in [2.45, 2.75) is 25.3 Å². The van der Waals surface area contributed by atoms with E-state index < -0.39 is 5.97 Å². The molecule has 0 amide bonds. The third-order valence-corrected chi connectivity index (χ3v) is 4.48. The number of likely N-dealkylation sites (N-methyl/N-ethyl adjacent to an activating group) is 1. The molecule has 2 rings (SSSR count). The fraction of sp³-hybridized carbons (Fsp3) is 0.316. The molecular formula is C19H23NO2. The Morgan fingerprint density at radius 1 is 1.05 bits per heavy atom. The molecule has 22 heavy (non-hydrogen) atoms. The fourth-order valence-electron chi connectivity index (χ4n) is 3.11. The molecule has 1 N–H and O–H groups in total. The van der Waals surface area contributed by atoms with Crippen LogP contribution in [0.3, 0.4) is 0 Å². The minimum atomic E-state index is -0.868. The maximum Gasteiger partial charge on any atom is 0.335 e. The van der Waals surface area contributed by atoms with Gasteiger partial charge >= 0.3 is 5.97 Å². The SMILES string of the molecule is CCC(Cc1ccccc1C(=O)O)(c1ccccc1)N(C)C. The highest BCUT2D eigenvalue weighted by molar-refractivity contribution is 5.89. The van der Waals surface area contributed by atoms with Gasteiger partial charge in [0.1, 0.15) is 0 Å². The van der Waals surface area contributed by atoms with Crippen LogP contribution in [-0.4, -0.2) is 30.1 Å². The summed E-state index contributed by atoms with van der Waals surface area (Å²) in [6.45, 7) is 2.15. The molecule has 0 aliphatic rings. The van der Waals surface area contributed by atoms with Gasteiger partial charge in [0.25, 0.3) is 0 Å². The Kier molecular flexibility index (Phi) is 4.99. The van der Waals surface area contributed by atoms with E-state index >= 15 is 0 Å². The second-order valence-electron chi connectivity index (χ2n) is 5.78. The maximum absolute atomic E-state index is 11.5. The van der Waals surface area contributed by atoms with E-state index in [-0.39, 0.29) is 5.54 Å². The number of carboxylic acid groups (broad SMARTS) is 1. The number of hydrogen-bond donors (Lipinski definition) is 1. The minimum absolute atomic E-state index is 0.215. The molecule has 2 aromatic rings. The van der Waals surface area contributed by atoms with Crippen LogP contribution in [0.15, 0.2) is 54.6 Å². The Hall–Kier alpha value is -2.13. The van der Waals surface area contributed by atoms with Gasteiger partial charge in [-0.3, -0.25) is 4.90 Å². The van der Waals surface area contributed by atoms with Crippen molar-refractivity contribution in [1.29, 1.82) is 0 Å². The minimum Gasteiger partial charge on any atom is -0.478 e. The summed E-state index contributed by atoms with van der Waals surface area (Å²) in [7, 11) is 4.11. The molecule has 2 aromatic carbocycles. The number of rotatable bonds is 6. The molecule has 0 bridgehead atoms. The van der Waals surface area contributed by atoms with Crippen LogP contribution in [0.5, 0.6) is 0 Å². The van der Waals surface area contributed by atoms with Crippen LogP contribution in [0.25, 0.3) is 0 Å². The van der Waals surface area contributed by atoms with Crippen molar-refractivity contribution >= 4 is 5.97 Å². The Morgan fingerprint density at radius 3 is 2.18 bits per heavy atom. The first-order valence-electron chi connectivity index (χ1n) is 7.55. The number of hydrogen-bond acceptors (Lipinski definition) is 2. The quantitative estimate of drug-likeness (QED) is 0.881. The van der Waals surface area contributed by atoms with Gasteiger partial charge in [0.15, 0.2) is 0 Å². The number of aromatic carboxylic acids is 1. The van der Waals surface area contributed by atoms with E-state index in [0.29, 0.717) is 12.0 Å². The van der Waals surface area contributed by atoms with Gasteiger partial charge in [-0.2, -0.15) is 0 Å². The lowest BCUT2D eigenvalue weighted by Crippen LogP contribution is -2.43. The first-order valence-corrected chi connectivity index (χ1v) is 7.55. The van der Waals surface area contributed by atoms with Crippen molar-refractivity contribution in [1.82, 2.24) is 4.90 Å². The molecule has 0 spiro atoms. The van der Waals surface area contributed by atoms with Crippen LogP contribution in [0, 0.1) is 0 Å². The van der Waals surface area contributed by atoms with Crippen LogP contribution in [0.4, 0.5) is 0 Å². The first-order chi connectivity index (χ1) is 10.5. The van der Waals surface area contributed by atoms with Gasteiger partial charge in [0, 0.05) is 5.54 Å². The summed E-state index contributed by atoms with van der Waals surface area (Å²) in [5.41, 5.74) is 2.25. The summed E-state index contributed by atoms with van der Waals surface area (Å²) in [5.74, 6) is -0.868. The van der Waals surface area contributed by atoms with Crippen LogP contribution in [0.1, 0.15) is 34.8 Å². The zero-order chi connectivity index (χ0) is 16.2. The monoisotopic (exact) mass is 297 g/mol. The van der Waals surface area contributed by atoms with Crippen molar-refractivity contribution in [3.63, 3.8) is 0 Å². The number of carbonyl (C=O) groups is 1. The zero-order valence-electron chi connectivity index (χ0n) is 13.4. The van der Waals surface area contributed by atoms with E-state index in [9.17, 15) is 9.90 Å². The molecule has 0 saturated carbocycles. The van der Waals surface area contributed by atoms with Gasteiger partial charge in [0.2, 0.25) is 0 Å². The highest BCUT2D eigenvalue weighted by Crippen LogP contribution is 2.34. The average Bonchev–Trinajstić information content (AvgIpc) is 2.53. The van der Waals surface area contributed by atoms with Crippen molar-refractivity contribution < 1.29 is 9.90 Å². The largest absolute Gasteiger partial charge is 0.478 e. The van der Waals surface area contributed by atoms with E-state index in [1.54, 1.807) is 12.1 Å². The Labute approximate surface area is 132 Å². The normalized spacial score (nSPS) is 13.8. The highest BCUT2D eigenvalue weighted by Gasteiger charge is 2.34. The van der Waals surface area contributed by atoms with E-state index in [1.165, 1.54) is 5.56 Å². The van der Waals surface area contributed by atoms with E-state index in [2.05, 4.69) is 38.1 Å². The zero-order valence-corrected chi connectivity index (χ0v) is 13.4. The molecule has 0 aliphatic carbocycles. The molecule has 116 valence electrons. The standard InChI is InChI=1S/C19H23NO2/c1-4-19(20(2)3,16-11-6-5-7-12-16)14-15-10-8-9-13-17(15)18(21)22/h5-13H,4,14H2,1-3H3,(H,21,22). The van der Waals surface area contributed by atoms with Crippen LogP contribution in [-0.2, 0) is 12.0 Å². The third kappa shape index (κ3) is 3.04. The molecular weight excluding hydrogens is 274 g/mol. The molecule has 0 aromatic heterocycles. The van der Waals surface area contributed by atoms with Gasteiger partial charge in [-0.15, -0.1) is 0 Å².